The summed E-state index contributed by atoms with van der Waals surface area (Å²) >= 11 is 0. The van der Waals surface area contributed by atoms with Gasteiger partial charge in [0.2, 0.25) is 5.91 Å². The number of aldehydes is 1. The zero-order valence-corrected chi connectivity index (χ0v) is 19.0. The molecule has 0 bridgehead atoms. The molecular weight excluding hydrogens is 338 g/mol. The molecule has 0 aliphatic carbocycles. The number of amides is 1. The Labute approximate surface area is 154 Å². The van der Waals surface area contributed by atoms with E-state index in [1.807, 2.05) is 27.7 Å². The Morgan fingerprint density at radius 2 is 1.68 bits per heavy atom. The molecule has 0 spiro atoms. The number of hydrogen-bond acceptors (Lipinski definition) is 5. The van der Waals surface area contributed by atoms with Gasteiger partial charge in [0.05, 0.1) is 24.0 Å². The van der Waals surface area contributed by atoms with Crippen molar-refractivity contribution < 1.29 is 23.5 Å². The van der Waals surface area contributed by atoms with Crippen LogP contribution in [0.1, 0.15) is 54.9 Å². The lowest BCUT2D eigenvalue weighted by molar-refractivity contribution is -0.272. The average Bonchev–Trinajstić information content (AvgIpc) is 2.49. The van der Waals surface area contributed by atoms with Gasteiger partial charge in [-0.15, -0.1) is 0 Å². The van der Waals surface area contributed by atoms with Crippen LogP contribution in [0.4, 0.5) is 0 Å². The van der Waals surface area contributed by atoms with Crippen molar-refractivity contribution in [1.29, 1.82) is 0 Å². The Bertz CT molecular complexity index is 469. The van der Waals surface area contributed by atoms with Crippen LogP contribution in [0.5, 0.6) is 0 Å². The fraction of sp³-hybridized carbons (Fsp3) is 0.889. The zero-order chi connectivity index (χ0) is 19.5. The van der Waals surface area contributed by atoms with E-state index in [0.29, 0.717) is 23.7 Å². The quantitative estimate of drug-likeness (QED) is 0.270. The highest BCUT2D eigenvalue weighted by molar-refractivity contribution is 5.98. The molecule has 25 heavy (non-hydrogen) atoms. The van der Waals surface area contributed by atoms with Gasteiger partial charge in [-0.25, -0.2) is 0 Å². The van der Waals surface area contributed by atoms with E-state index in [-0.39, 0.29) is 35.6 Å². The molecule has 3 atom stereocenters. The van der Waals surface area contributed by atoms with Crippen molar-refractivity contribution in [3.05, 3.63) is 0 Å². The maximum Gasteiger partial charge on any atom is 0.226 e. The molecule has 1 aliphatic rings. The predicted octanol–water partition coefficient (Wildman–Crippen LogP) is 1.20. The second-order valence-electron chi connectivity index (χ2n) is 8.21. The smallest absolute Gasteiger partial charge is 0.226 e. The van der Waals surface area contributed by atoms with Crippen LogP contribution in [0, 0.1) is 17.3 Å². The van der Waals surface area contributed by atoms with Gasteiger partial charge in [0.15, 0.2) is 5.79 Å². The monoisotopic (exact) mass is 373 g/mol. The third kappa shape index (κ3) is 4.50. The van der Waals surface area contributed by atoms with Crippen molar-refractivity contribution in [2.45, 2.75) is 72.3 Å². The summed E-state index contributed by atoms with van der Waals surface area (Å²) in [7, 11) is 0.582. The zero-order valence-electron chi connectivity index (χ0n) is 17.0. The average molecular weight is 374 g/mol. The van der Waals surface area contributed by atoms with Crippen molar-refractivity contribution >= 4 is 22.7 Å². The number of carbonyl (C=O) groups excluding carboxylic acids is 2. The molecule has 0 aromatic rings. The third-order valence-electron chi connectivity index (χ3n) is 5.15. The first-order valence-electron chi connectivity index (χ1n) is 9.07. The number of rotatable bonds is 10. The summed E-state index contributed by atoms with van der Waals surface area (Å²) in [4.78, 5) is 23.9. The molecular formula is C18H35NO5Si. The van der Waals surface area contributed by atoms with Crippen LogP contribution in [0.25, 0.3) is 0 Å². The standard InChI is InChI=1S/C18H35NO5Si/c1-8-22-18(10-11-20,23-9-2)14-12(15(21)19-14)13(16(3,4)5)17(6,7)24-25/h11-14H,8-10H2,1-7,25H3,(H,19,21)/t12-,13+,14-/m0/s1. The van der Waals surface area contributed by atoms with Gasteiger partial charge in [-0.05, 0) is 33.1 Å². The minimum atomic E-state index is -1.13. The molecule has 1 heterocycles. The van der Waals surface area contributed by atoms with Gasteiger partial charge in [-0.2, -0.15) is 0 Å². The van der Waals surface area contributed by atoms with Gasteiger partial charge in [0.25, 0.3) is 0 Å². The molecule has 1 saturated heterocycles. The van der Waals surface area contributed by atoms with Crippen LogP contribution in [-0.4, -0.2) is 53.3 Å². The highest BCUT2D eigenvalue weighted by atomic mass is 28.2. The number of β-lactam (4-membered cyclic amide) rings is 1. The van der Waals surface area contributed by atoms with Crippen molar-refractivity contribution in [2.75, 3.05) is 13.2 Å². The number of hydrogen-bond donors (Lipinski definition) is 1. The Balaban J connectivity index is 3.35. The normalized spacial score (nSPS) is 23.1. The Morgan fingerprint density at radius 1 is 1.16 bits per heavy atom. The van der Waals surface area contributed by atoms with Gasteiger partial charge in [0.1, 0.15) is 16.8 Å². The summed E-state index contributed by atoms with van der Waals surface area (Å²) < 4.78 is 17.7. The third-order valence-corrected chi connectivity index (χ3v) is 6.20. The first-order chi connectivity index (χ1) is 11.5. The molecule has 7 heteroatoms. The lowest BCUT2D eigenvalue weighted by atomic mass is 9.59. The minimum Gasteiger partial charge on any atom is -0.423 e. The van der Waals surface area contributed by atoms with E-state index in [0.717, 1.165) is 6.29 Å². The fourth-order valence-electron chi connectivity index (χ4n) is 4.33. The molecule has 6 nitrogen and oxygen atoms in total. The molecule has 1 N–H and O–H groups in total. The summed E-state index contributed by atoms with van der Waals surface area (Å²) in [6.07, 6.45) is 0.877. The van der Waals surface area contributed by atoms with E-state index < -0.39 is 11.4 Å². The number of ether oxygens (including phenoxy) is 2. The van der Waals surface area contributed by atoms with Crippen LogP contribution in [0.3, 0.4) is 0 Å². The first-order valence-corrected chi connectivity index (χ1v) is 9.89. The summed E-state index contributed by atoms with van der Waals surface area (Å²) in [5.74, 6) is -1.56. The number of carbonyl (C=O) groups is 2. The minimum absolute atomic E-state index is 0.0357. The molecule has 1 amide bonds. The lowest BCUT2D eigenvalue weighted by Crippen LogP contribution is -2.74. The maximum atomic E-state index is 12.6. The van der Waals surface area contributed by atoms with Crippen molar-refractivity contribution in [2.24, 2.45) is 17.3 Å². The van der Waals surface area contributed by atoms with Gasteiger partial charge in [-0.1, -0.05) is 20.8 Å². The fourth-order valence-corrected chi connectivity index (χ4v) is 4.59. The molecule has 1 fully saturated rings. The molecule has 0 radical (unpaired) electrons. The van der Waals surface area contributed by atoms with E-state index in [1.165, 1.54) is 0 Å². The Morgan fingerprint density at radius 3 is 2.00 bits per heavy atom. The first kappa shape index (κ1) is 22.3. The molecule has 1 rings (SSSR count). The van der Waals surface area contributed by atoms with E-state index in [2.05, 4.69) is 26.1 Å². The second-order valence-corrected chi connectivity index (χ2v) is 8.62. The molecule has 0 saturated carbocycles. The molecule has 0 aromatic carbocycles. The van der Waals surface area contributed by atoms with Crippen molar-refractivity contribution in [1.82, 2.24) is 5.32 Å². The summed E-state index contributed by atoms with van der Waals surface area (Å²) in [6.45, 7) is 14.9. The largest absolute Gasteiger partial charge is 0.423 e. The van der Waals surface area contributed by atoms with Crippen LogP contribution in [0.2, 0.25) is 0 Å². The van der Waals surface area contributed by atoms with Gasteiger partial charge < -0.3 is 24.0 Å². The van der Waals surface area contributed by atoms with Crippen LogP contribution >= 0.6 is 0 Å². The molecule has 0 unspecified atom stereocenters. The second kappa shape index (κ2) is 8.29. The Hall–Kier alpha value is -0.763. The van der Waals surface area contributed by atoms with Gasteiger partial charge in [-0.3, -0.25) is 4.79 Å². The molecule has 1 aliphatic heterocycles. The van der Waals surface area contributed by atoms with Crippen LogP contribution < -0.4 is 5.32 Å². The van der Waals surface area contributed by atoms with E-state index in [4.69, 9.17) is 13.9 Å². The Kier molecular flexibility index (Phi) is 7.38. The van der Waals surface area contributed by atoms with Gasteiger partial charge in [0, 0.05) is 19.1 Å². The van der Waals surface area contributed by atoms with E-state index in [1.54, 1.807) is 0 Å². The number of nitrogens with one attached hydrogen (secondary N) is 1. The maximum absolute atomic E-state index is 12.6. The van der Waals surface area contributed by atoms with E-state index >= 15 is 0 Å². The topological polar surface area (TPSA) is 73.9 Å². The van der Waals surface area contributed by atoms with Crippen molar-refractivity contribution in [3.8, 4) is 0 Å². The van der Waals surface area contributed by atoms with E-state index in [9.17, 15) is 9.59 Å². The summed E-state index contributed by atoms with van der Waals surface area (Å²) in [5.41, 5.74) is -0.629. The van der Waals surface area contributed by atoms with Crippen molar-refractivity contribution in [3.63, 3.8) is 0 Å². The SMILES string of the molecule is CCOC(CC=O)(OCC)[C@H]1NC(=O)[C@H]1[C@H](C(C)(C)C)C(C)(C)O[SiH3]. The summed E-state index contributed by atoms with van der Waals surface area (Å²) in [6, 6.07) is -0.384. The lowest BCUT2D eigenvalue weighted by Gasteiger charge is -2.56. The van der Waals surface area contributed by atoms with Crippen LogP contribution in [0.15, 0.2) is 0 Å². The highest BCUT2D eigenvalue weighted by Crippen LogP contribution is 2.48. The van der Waals surface area contributed by atoms with Crippen LogP contribution in [-0.2, 0) is 23.5 Å². The van der Waals surface area contributed by atoms with Gasteiger partial charge >= 0.3 is 0 Å². The molecule has 0 aromatic heterocycles. The predicted molar refractivity (Wildman–Crippen MR) is 100 cm³/mol. The molecule has 146 valence electrons. The summed E-state index contributed by atoms with van der Waals surface area (Å²) in [5, 5.41) is 2.94. The highest BCUT2D eigenvalue weighted by Gasteiger charge is 2.61.